The van der Waals surface area contributed by atoms with Crippen LogP contribution in [0.15, 0.2) is 72.0 Å². The van der Waals surface area contributed by atoms with Crippen molar-refractivity contribution >= 4 is 46.5 Å². The third kappa shape index (κ3) is 7.59. The molecule has 0 aliphatic carbocycles. The molecule has 0 saturated heterocycles. The molecule has 2 aromatic heterocycles. The second-order valence-electron chi connectivity index (χ2n) is 8.44. The molecule has 4 aromatic rings. The van der Waals surface area contributed by atoms with Crippen LogP contribution in [-0.2, 0) is 26.3 Å². The third-order valence-electron chi connectivity index (χ3n) is 5.63. The number of thioether (sulfide) groups is 1. The first kappa shape index (κ1) is 30.2. The van der Waals surface area contributed by atoms with E-state index < -0.39 is 29.7 Å². The smallest absolute Gasteiger partial charge is 0.416 e. The Morgan fingerprint density at radius 3 is 2.35 bits per heavy atom. The van der Waals surface area contributed by atoms with Gasteiger partial charge in [-0.25, -0.2) is 19.6 Å². The summed E-state index contributed by atoms with van der Waals surface area (Å²) < 4.78 is 41.1. The minimum absolute atomic E-state index is 0.206. The number of amides is 1. The zero-order valence-electron chi connectivity index (χ0n) is 21.3. The molecule has 0 bridgehead atoms. The molecule has 4 rings (SSSR count). The molecule has 9 nitrogen and oxygen atoms in total. The Labute approximate surface area is 231 Å². The second kappa shape index (κ2) is 13.1. The summed E-state index contributed by atoms with van der Waals surface area (Å²) in [4.78, 5) is 40.6. The van der Waals surface area contributed by atoms with Gasteiger partial charge >= 0.3 is 18.1 Å². The number of carbonyl (C=O) groups is 3. The van der Waals surface area contributed by atoms with Crippen LogP contribution in [0, 0.1) is 6.92 Å². The van der Waals surface area contributed by atoms with Gasteiger partial charge in [0.15, 0.2) is 10.8 Å². The van der Waals surface area contributed by atoms with Crippen molar-refractivity contribution in [1.82, 2.24) is 14.5 Å². The third-order valence-corrected chi connectivity index (χ3v) is 6.65. The highest BCUT2D eigenvalue weighted by Crippen LogP contribution is 2.33. The van der Waals surface area contributed by atoms with E-state index in [2.05, 4.69) is 15.3 Å². The molecule has 0 saturated carbocycles. The van der Waals surface area contributed by atoms with Crippen molar-refractivity contribution in [3.05, 3.63) is 83.6 Å². The summed E-state index contributed by atoms with van der Waals surface area (Å²) in [6, 6.07) is 15.7. The Morgan fingerprint density at radius 2 is 1.73 bits per heavy atom. The highest BCUT2D eigenvalue weighted by Gasteiger charge is 2.30. The normalized spacial score (nSPS) is 11.8. The lowest BCUT2D eigenvalue weighted by Gasteiger charge is -2.20. The Kier molecular flexibility index (Phi) is 9.88. The van der Waals surface area contributed by atoms with Crippen LogP contribution in [0.25, 0.3) is 11.2 Å². The van der Waals surface area contributed by atoms with E-state index in [-0.39, 0.29) is 11.7 Å². The Hall–Kier alpha value is -4.39. The van der Waals surface area contributed by atoms with Crippen LogP contribution in [-0.4, -0.2) is 42.6 Å². The molecule has 0 radical (unpaired) electrons. The first-order valence-electron chi connectivity index (χ1n) is 11.9. The number of para-hydroxylation sites is 1. The fraction of sp³-hybridized carbons (Fsp3) is 0.222. The zero-order valence-corrected chi connectivity index (χ0v) is 22.2. The van der Waals surface area contributed by atoms with Gasteiger partial charge in [-0.05, 0) is 48.7 Å². The summed E-state index contributed by atoms with van der Waals surface area (Å²) in [5, 5.41) is 18.3. The number of pyridine rings is 1. The average Bonchev–Trinajstić information content (AvgIpc) is 3.27. The SMILES string of the molecule is CCC(C(=O)Nc1ccccc1C)n1c(SCc2cccc(C(F)(F)F)c2)nc2cccnc21.O=C(O)C(=O)O. The minimum Gasteiger partial charge on any atom is -0.473 e. The number of aromatic nitrogens is 3. The fourth-order valence-corrected chi connectivity index (χ4v) is 4.68. The van der Waals surface area contributed by atoms with Crippen molar-refractivity contribution in [2.24, 2.45) is 0 Å². The van der Waals surface area contributed by atoms with Gasteiger partial charge in [0.25, 0.3) is 0 Å². The maximum absolute atomic E-state index is 13.3. The molecule has 13 heteroatoms. The summed E-state index contributed by atoms with van der Waals surface area (Å²) in [7, 11) is 0. The van der Waals surface area contributed by atoms with Gasteiger partial charge in [0, 0.05) is 17.6 Å². The minimum atomic E-state index is -4.40. The maximum Gasteiger partial charge on any atom is 0.416 e. The number of fused-ring (bicyclic) bond motifs is 1. The average molecular weight is 575 g/mol. The van der Waals surface area contributed by atoms with Crippen molar-refractivity contribution < 1.29 is 37.8 Å². The zero-order chi connectivity index (χ0) is 29.4. The number of carbonyl (C=O) groups excluding carboxylic acids is 1. The standard InChI is InChI=1S/C25H23F3N4OS.C2H2O4/c1-3-21(23(33)30-19-11-5-4-8-16(19)2)32-22-20(12-7-13-29-22)31-24(32)34-15-17-9-6-10-18(14-17)25(26,27)28;3-1(4)2(5)6/h4-14,21H,3,15H2,1-2H3,(H,30,33);(H,3,4)(H,5,6). The van der Waals surface area contributed by atoms with Crippen molar-refractivity contribution in [1.29, 1.82) is 0 Å². The lowest BCUT2D eigenvalue weighted by Crippen LogP contribution is -2.26. The van der Waals surface area contributed by atoms with E-state index in [4.69, 9.17) is 19.8 Å². The predicted octanol–water partition coefficient (Wildman–Crippen LogP) is 5.80. The van der Waals surface area contributed by atoms with Crippen LogP contribution in [0.5, 0.6) is 0 Å². The number of imidazole rings is 1. The summed E-state index contributed by atoms with van der Waals surface area (Å²) in [6.07, 6.45) is -2.29. The number of halogens is 3. The number of aryl methyl sites for hydroxylation is 1. The number of carboxylic acid groups (broad SMARTS) is 2. The van der Waals surface area contributed by atoms with Crippen molar-refractivity contribution in [2.45, 2.75) is 43.4 Å². The van der Waals surface area contributed by atoms with E-state index in [1.54, 1.807) is 29.0 Å². The summed E-state index contributed by atoms with van der Waals surface area (Å²) in [5.74, 6) is -3.59. The molecule has 0 spiro atoms. The molecule has 1 atom stereocenters. The fourth-order valence-electron chi connectivity index (χ4n) is 3.69. The second-order valence-corrected chi connectivity index (χ2v) is 9.38. The van der Waals surface area contributed by atoms with E-state index >= 15 is 0 Å². The number of hydrogen-bond donors (Lipinski definition) is 3. The topological polar surface area (TPSA) is 134 Å². The number of nitrogens with one attached hydrogen (secondary N) is 1. The van der Waals surface area contributed by atoms with Gasteiger partial charge in [-0.1, -0.05) is 55.1 Å². The molecule has 2 heterocycles. The Balaban J connectivity index is 0.000000663. The molecular formula is C27H25F3N4O5S. The molecule has 2 aromatic carbocycles. The molecule has 210 valence electrons. The van der Waals surface area contributed by atoms with Crippen LogP contribution in [0.2, 0.25) is 0 Å². The number of carboxylic acids is 2. The van der Waals surface area contributed by atoms with Gasteiger partial charge < -0.3 is 15.5 Å². The maximum atomic E-state index is 13.3. The number of hydrogen-bond acceptors (Lipinski definition) is 6. The molecule has 0 aliphatic rings. The van der Waals surface area contributed by atoms with E-state index in [0.717, 1.165) is 23.4 Å². The van der Waals surface area contributed by atoms with Gasteiger partial charge in [0.2, 0.25) is 5.91 Å². The van der Waals surface area contributed by atoms with Crippen molar-refractivity contribution in [2.75, 3.05) is 5.32 Å². The Morgan fingerprint density at radius 1 is 1.02 bits per heavy atom. The van der Waals surface area contributed by atoms with Crippen LogP contribution in [0.1, 0.15) is 36.1 Å². The number of anilines is 1. The lowest BCUT2D eigenvalue weighted by molar-refractivity contribution is -0.159. The van der Waals surface area contributed by atoms with Crippen molar-refractivity contribution in [3.63, 3.8) is 0 Å². The van der Waals surface area contributed by atoms with E-state index in [0.29, 0.717) is 28.3 Å². The van der Waals surface area contributed by atoms with Crippen LogP contribution in [0.4, 0.5) is 18.9 Å². The Bertz CT molecular complexity index is 1510. The monoisotopic (exact) mass is 574 g/mol. The van der Waals surface area contributed by atoms with Gasteiger partial charge in [0.1, 0.15) is 11.6 Å². The lowest BCUT2D eigenvalue weighted by atomic mass is 10.1. The van der Waals surface area contributed by atoms with E-state index in [1.165, 1.54) is 17.8 Å². The quantitative estimate of drug-likeness (QED) is 0.186. The highest BCUT2D eigenvalue weighted by molar-refractivity contribution is 7.98. The van der Waals surface area contributed by atoms with Gasteiger partial charge in [0.05, 0.1) is 5.56 Å². The van der Waals surface area contributed by atoms with Gasteiger partial charge in [-0.3, -0.25) is 9.36 Å². The summed E-state index contributed by atoms with van der Waals surface area (Å²) in [6.45, 7) is 3.82. The number of benzene rings is 2. The number of rotatable bonds is 7. The number of nitrogens with zero attached hydrogens (tertiary/aromatic N) is 3. The van der Waals surface area contributed by atoms with Crippen molar-refractivity contribution in [3.8, 4) is 0 Å². The number of aliphatic carboxylic acids is 2. The summed E-state index contributed by atoms with van der Waals surface area (Å²) >= 11 is 1.28. The molecule has 0 fully saturated rings. The molecular weight excluding hydrogens is 549 g/mol. The first-order valence-corrected chi connectivity index (χ1v) is 12.9. The van der Waals surface area contributed by atoms with Crippen LogP contribution < -0.4 is 5.32 Å². The van der Waals surface area contributed by atoms with Gasteiger partial charge in [-0.15, -0.1) is 0 Å². The molecule has 0 aliphatic heterocycles. The van der Waals surface area contributed by atoms with Crippen LogP contribution in [0.3, 0.4) is 0 Å². The molecule has 3 N–H and O–H groups in total. The largest absolute Gasteiger partial charge is 0.473 e. The van der Waals surface area contributed by atoms with E-state index in [9.17, 15) is 18.0 Å². The van der Waals surface area contributed by atoms with Gasteiger partial charge in [-0.2, -0.15) is 13.2 Å². The predicted molar refractivity (Wildman–Crippen MR) is 143 cm³/mol. The van der Waals surface area contributed by atoms with E-state index in [1.807, 2.05) is 38.1 Å². The highest BCUT2D eigenvalue weighted by atomic mass is 32.2. The summed E-state index contributed by atoms with van der Waals surface area (Å²) in [5.41, 5.74) is 2.67. The molecule has 40 heavy (non-hydrogen) atoms. The molecule has 1 unspecified atom stereocenters. The first-order chi connectivity index (χ1) is 18.9. The van der Waals surface area contributed by atoms with Crippen LogP contribution >= 0.6 is 11.8 Å². The molecule has 1 amide bonds. The number of alkyl halides is 3.